The molecule has 1 heterocycles. The van der Waals surface area contributed by atoms with E-state index in [0.29, 0.717) is 12.2 Å². The third kappa shape index (κ3) is 3.56. The monoisotopic (exact) mass is 238 g/mol. The van der Waals surface area contributed by atoms with Crippen molar-refractivity contribution in [2.24, 2.45) is 5.73 Å². The largest absolute Gasteiger partial charge is 0.318 e. The zero-order valence-corrected chi connectivity index (χ0v) is 11.0. The summed E-state index contributed by atoms with van der Waals surface area (Å²) in [5.74, 6) is 0.366. The van der Waals surface area contributed by atoms with E-state index in [0.717, 1.165) is 6.42 Å². The van der Waals surface area contributed by atoms with Gasteiger partial charge >= 0.3 is 0 Å². The second-order valence-corrected chi connectivity index (χ2v) is 4.90. The van der Waals surface area contributed by atoms with Crippen LogP contribution in [0.5, 0.6) is 0 Å². The molecular formula is C12H22N4O. The molecule has 0 aliphatic rings. The third-order valence-corrected chi connectivity index (χ3v) is 2.67. The van der Waals surface area contributed by atoms with Gasteiger partial charge in [0.15, 0.2) is 5.82 Å². The number of rotatable bonds is 5. The molecule has 1 aromatic heterocycles. The molecule has 0 bridgehead atoms. The lowest BCUT2D eigenvalue weighted by Crippen LogP contribution is -2.48. The predicted octanol–water partition coefficient (Wildman–Crippen LogP) is 1.92. The Bertz CT molecular complexity index is 382. The Labute approximate surface area is 102 Å². The Kier molecular flexibility index (Phi) is 4.28. The minimum Gasteiger partial charge on any atom is -0.318 e. The lowest BCUT2D eigenvalue weighted by Gasteiger charge is -2.21. The summed E-state index contributed by atoms with van der Waals surface area (Å²) in [7, 11) is 0. The number of anilines is 1. The molecule has 0 saturated heterocycles. The first-order chi connectivity index (χ1) is 7.86. The summed E-state index contributed by atoms with van der Waals surface area (Å²) in [4.78, 5) is 11.9. The second-order valence-electron chi connectivity index (χ2n) is 4.90. The van der Waals surface area contributed by atoms with Crippen LogP contribution < -0.4 is 11.1 Å². The second kappa shape index (κ2) is 5.31. The van der Waals surface area contributed by atoms with Crippen LogP contribution in [0.1, 0.15) is 46.6 Å². The van der Waals surface area contributed by atoms with Crippen molar-refractivity contribution in [1.29, 1.82) is 0 Å². The van der Waals surface area contributed by atoms with Crippen LogP contribution in [0.3, 0.4) is 0 Å². The average Bonchev–Trinajstić information content (AvgIpc) is 2.66. The van der Waals surface area contributed by atoms with Gasteiger partial charge in [0, 0.05) is 18.3 Å². The zero-order chi connectivity index (χ0) is 13.1. The van der Waals surface area contributed by atoms with Gasteiger partial charge in [-0.05, 0) is 27.2 Å². The summed E-state index contributed by atoms with van der Waals surface area (Å²) in [6.45, 7) is 7.81. The van der Waals surface area contributed by atoms with E-state index in [1.165, 1.54) is 0 Å². The van der Waals surface area contributed by atoms with Crippen molar-refractivity contribution < 1.29 is 4.79 Å². The molecule has 1 atom stereocenters. The normalized spacial score (nSPS) is 14.7. The molecule has 1 unspecified atom stereocenters. The summed E-state index contributed by atoms with van der Waals surface area (Å²) in [6.07, 6.45) is 3.37. The van der Waals surface area contributed by atoms with Crippen molar-refractivity contribution in [1.82, 2.24) is 9.78 Å². The number of nitrogens with one attached hydrogen (secondary N) is 1. The van der Waals surface area contributed by atoms with Gasteiger partial charge in [0.25, 0.3) is 0 Å². The molecule has 17 heavy (non-hydrogen) atoms. The van der Waals surface area contributed by atoms with Gasteiger partial charge < -0.3 is 11.1 Å². The van der Waals surface area contributed by atoms with Crippen LogP contribution >= 0.6 is 0 Å². The van der Waals surface area contributed by atoms with E-state index in [9.17, 15) is 4.79 Å². The van der Waals surface area contributed by atoms with Crippen LogP contribution in [-0.2, 0) is 4.79 Å². The molecule has 1 amide bonds. The van der Waals surface area contributed by atoms with Crippen molar-refractivity contribution in [3.63, 3.8) is 0 Å². The highest BCUT2D eigenvalue weighted by Crippen LogP contribution is 2.13. The molecule has 5 heteroatoms. The average molecular weight is 238 g/mol. The highest BCUT2D eigenvalue weighted by Gasteiger charge is 2.27. The maximum atomic E-state index is 11.9. The number of nitrogens with two attached hydrogens (primary N) is 1. The standard InChI is InChI=1S/C12H22N4O/c1-5-7-12(4,13)11(17)14-10-6-8-16(15-10)9(2)3/h6,8-9H,5,7,13H2,1-4H3,(H,14,15,17). The van der Waals surface area contributed by atoms with E-state index < -0.39 is 5.54 Å². The molecule has 5 nitrogen and oxygen atoms in total. The molecule has 0 radical (unpaired) electrons. The molecule has 0 aromatic carbocycles. The summed E-state index contributed by atoms with van der Waals surface area (Å²) in [5.41, 5.74) is 5.10. The van der Waals surface area contributed by atoms with Crippen LogP contribution in [0.2, 0.25) is 0 Å². The number of carbonyl (C=O) groups excluding carboxylic acids is 1. The molecule has 0 aliphatic heterocycles. The predicted molar refractivity (Wildman–Crippen MR) is 68.7 cm³/mol. The fourth-order valence-electron chi connectivity index (χ4n) is 1.58. The molecule has 0 fully saturated rings. The fourth-order valence-corrected chi connectivity index (χ4v) is 1.58. The Hall–Kier alpha value is -1.36. The topological polar surface area (TPSA) is 72.9 Å². The summed E-state index contributed by atoms with van der Waals surface area (Å²) < 4.78 is 1.79. The van der Waals surface area contributed by atoms with Gasteiger partial charge in [-0.2, -0.15) is 5.10 Å². The Morgan fingerprint density at radius 3 is 2.76 bits per heavy atom. The number of hydrogen-bond donors (Lipinski definition) is 2. The van der Waals surface area contributed by atoms with Gasteiger partial charge in [-0.25, -0.2) is 0 Å². The van der Waals surface area contributed by atoms with Gasteiger partial charge in [-0.3, -0.25) is 9.48 Å². The molecular weight excluding hydrogens is 216 g/mol. The molecule has 3 N–H and O–H groups in total. The van der Waals surface area contributed by atoms with Gasteiger partial charge in [-0.15, -0.1) is 0 Å². The van der Waals surface area contributed by atoms with E-state index in [2.05, 4.69) is 10.4 Å². The Morgan fingerprint density at radius 2 is 2.29 bits per heavy atom. The highest BCUT2D eigenvalue weighted by atomic mass is 16.2. The zero-order valence-electron chi connectivity index (χ0n) is 11.0. The third-order valence-electron chi connectivity index (χ3n) is 2.67. The summed E-state index contributed by atoms with van der Waals surface area (Å²) in [5, 5.41) is 7.00. The van der Waals surface area contributed by atoms with Crippen LogP contribution in [0.4, 0.5) is 5.82 Å². The fraction of sp³-hybridized carbons (Fsp3) is 0.667. The molecule has 0 saturated carbocycles. The smallest absolute Gasteiger partial charge is 0.245 e. The minimum absolute atomic E-state index is 0.187. The molecule has 1 rings (SSSR count). The van der Waals surface area contributed by atoms with Gasteiger partial charge in [-0.1, -0.05) is 13.3 Å². The van der Waals surface area contributed by atoms with Crippen molar-refractivity contribution in [3.8, 4) is 0 Å². The van der Waals surface area contributed by atoms with Crippen LogP contribution in [0, 0.1) is 0 Å². The van der Waals surface area contributed by atoms with Crippen molar-refractivity contribution in [2.45, 2.75) is 52.1 Å². The van der Waals surface area contributed by atoms with E-state index in [1.807, 2.05) is 27.0 Å². The van der Waals surface area contributed by atoms with Crippen LogP contribution in [0.25, 0.3) is 0 Å². The maximum absolute atomic E-state index is 11.9. The lowest BCUT2D eigenvalue weighted by atomic mass is 9.97. The molecule has 96 valence electrons. The maximum Gasteiger partial charge on any atom is 0.245 e. The molecule has 1 aromatic rings. The van der Waals surface area contributed by atoms with E-state index >= 15 is 0 Å². The summed E-state index contributed by atoms with van der Waals surface area (Å²) in [6, 6.07) is 2.06. The first-order valence-electron chi connectivity index (χ1n) is 6.02. The van der Waals surface area contributed by atoms with E-state index in [1.54, 1.807) is 17.7 Å². The van der Waals surface area contributed by atoms with Crippen molar-refractivity contribution in [2.75, 3.05) is 5.32 Å². The SMILES string of the molecule is CCCC(C)(N)C(=O)Nc1ccn(C(C)C)n1. The molecule has 0 spiro atoms. The van der Waals surface area contributed by atoms with Gasteiger partial charge in [0.05, 0.1) is 5.54 Å². The van der Waals surface area contributed by atoms with Crippen molar-refractivity contribution >= 4 is 11.7 Å². The lowest BCUT2D eigenvalue weighted by molar-refractivity contribution is -0.120. The van der Waals surface area contributed by atoms with E-state index in [4.69, 9.17) is 5.73 Å². The van der Waals surface area contributed by atoms with Crippen molar-refractivity contribution in [3.05, 3.63) is 12.3 Å². The highest BCUT2D eigenvalue weighted by molar-refractivity contribution is 5.96. The number of aromatic nitrogens is 2. The quantitative estimate of drug-likeness (QED) is 0.823. The Morgan fingerprint density at radius 1 is 1.65 bits per heavy atom. The minimum atomic E-state index is -0.837. The van der Waals surface area contributed by atoms with E-state index in [-0.39, 0.29) is 11.9 Å². The number of nitrogens with zero attached hydrogens (tertiary/aromatic N) is 2. The molecule has 0 aliphatic carbocycles. The van der Waals surface area contributed by atoms with Crippen LogP contribution in [-0.4, -0.2) is 21.2 Å². The van der Waals surface area contributed by atoms with Gasteiger partial charge in [0.2, 0.25) is 5.91 Å². The first kappa shape index (κ1) is 13.7. The van der Waals surface area contributed by atoms with Gasteiger partial charge in [0.1, 0.15) is 0 Å². The number of amides is 1. The van der Waals surface area contributed by atoms with Crippen LogP contribution in [0.15, 0.2) is 12.3 Å². The number of hydrogen-bond acceptors (Lipinski definition) is 3. The number of carbonyl (C=O) groups is 1. The first-order valence-corrected chi connectivity index (χ1v) is 6.02. The summed E-state index contributed by atoms with van der Waals surface area (Å²) >= 11 is 0. The Balaban J connectivity index is 2.67.